The van der Waals surface area contributed by atoms with Crippen molar-refractivity contribution < 1.29 is 0 Å². The van der Waals surface area contributed by atoms with Crippen LogP contribution < -0.4 is 0 Å². The fourth-order valence-corrected chi connectivity index (χ4v) is 3.08. The molecule has 0 bridgehead atoms. The molecular formula is C12H12ClNS2. The molecule has 1 heterocycles. The second-order valence-corrected chi connectivity index (χ2v) is 5.70. The number of hydrogen-bond donors (Lipinski definition) is 0. The highest BCUT2D eigenvalue weighted by atomic mass is 35.5. The van der Waals surface area contributed by atoms with Crippen LogP contribution in [-0.4, -0.2) is 10.7 Å². The lowest BCUT2D eigenvalue weighted by atomic mass is 10.2. The van der Waals surface area contributed by atoms with E-state index in [0.29, 0.717) is 5.88 Å². The van der Waals surface area contributed by atoms with Gasteiger partial charge in [0.25, 0.3) is 0 Å². The Labute approximate surface area is 109 Å². The van der Waals surface area contributed by atoms with Gasteiger partial charge in [0.05, 0.1) is 11.6 Å². The average molecular weight is 270 g/mol. The van der Waals surface area contributed by atoms with Gasteiger partial charge in [-0.25, -0.2) is 4.98 Å². The summed E-state index contributed by atoms with van der Waals surface area (Å²) in [5, 5.41) is 3.06. The Morgan fingerprint density at radius 3 is 2.62 bits per heavy atom. The molecule has 0 saturated heterocycles. The van der Waals surface area contributed by atoms with Gasteiger partial charge in [0, 0.05) is 15.8 Å². The summed E-state index contributed by atoms with van der Waals surface area (Å²) >= 11 is 9.23. The lowest BCUT2D eigenvalue weighted by Gasteiger charge is -1.99. The van der Waals surface area contributed by atoms with Gasteiger partial charge in [0.15, 0.2) is 0 Å². The highest BCUT2D eigenvalue weighted by molar-refractivity contribution is 7.99. The van der Waals surface area contributed by atoms with Gasteiger partial charge in [-0.3, -0.25) is 0 Å². The maximum Gasteiger partial charge on any atom is 0.123 e. The standard InChI is InChI=1S/C12H12ClNS2/c1-2-15-11-5-3-9(4-6-11)12-14-10(7-13)8-16-12/h3-6,8H,2,7H2,1H3. The molecule has 0 aliphatic carbocycles. The lowest BCUT2D eigenvalue weighted by molar-refractivity contribution is 1.23. The molecule has 0 aliphatic heterocycles. The summed E-state index contributed by atoms with van der Waals surface area (Å²) in [5.41, 5.74) is 2.12. The maximum absolute atomic E-state index is 5.74. The van der Waals surface area contributed by atoms with Gasteiger partial charge in [-0.1, -0.05) is 19.1 Å². The summed E-state index contributed by atoms with van der Waals surface area (Å²) in [4.78, 5) is 5.76. The molecule has 0 N–H and O–H groups in total. The summed E-state index contributed by atoms with van der Waals surface area (Å²) in [6, 6.07) is 8.53. The van der Waals surface area contributed by atoms with Gasteiger partial charge in [-0.2, -0.15) is 0 Å². The molecule has 0 aliphatic rings. The third-order valence-electron chi connectivity index (χ3n) is 2.10. The highest BCUT2D eigenvalue weighted by Crippen LogP contribution is 2.26. The van der Waals surface area contributed by atoms with Crippen molar-refractivity contribution in [2.24, 2.45) is 0 Å². The van der Waals surface area contributed by atoms with Gasteiger partial charge in [0.2, 0.25) is 0 Å². The van der Waals surface area contributed by atoms with Crippen LogP contribution in [0.5, 0.6) is 0 Å². The molecule has 16 heavy (non-hydrogen) atoms. The molecule has 2 rings (SSSR count). The summed E-state index contributed by atoms with van der Waals surface area (Å²) in [7, 11) is 0. The fourth-order valence-electron chi connectivity index (χ4n) is 1.36. The Kier molecular flexibility index (Phi) is 4.27. The van der Waals surface area contributed by atoms with E-state index in [0.717, 1.165) is 16.5 Å². The fraction of sp³-hybridized carbons (Fsp3) is 0.250. The minimum absolute atomic E-state index is 0.486. The van der Waals surface area contributed by atoms with Crippen molar-refractivity contribution in [1.82, 2.24) is 4.98 Å². The average Bonchev–Trinajstić information content (AvgIpc) is 2.79. The Bertz CT molecular complexity index is 450. The summed E-state index contributed by atoms with van der Waals surface area (Å²) < 4.78 is 0. The summed E-state index contributed by atoms with van der Waals surface area (Å²) in [6.07, 6.45) is 0. The van der Waals surface area contributed by atoms with E-state index < -0.39 is 0 Å². The van der Waals surface area contributed by atoms with Gasteiger partial charge in [0.1, 0.15) is 5.01 Å². The first-order valence-electron chi connectivity index (χ1n) is 5.07. The van der Waals surface area contributed by atoms with Crippen LogP contribution in [-0.2, 0) is 5.88 Å². The van der Waals surface area contributed by atoms with Gasteiger partial charge >= 0.3 is 0 Å². The number of thiazole rings is 1. The zero-order valence-electron chi connectivity index (χ0n) is 8.94. The van der Waals surface area contributed by atoms with Crippen LogP contribution in [0, 0.1) is 0 Å². The van der Waals surface area contributed by atoms with E-state index in [1.807, 2.05) is 17.1 Å². The van der Waals surface area contributed by atoms with Crippen molar-refractivity contribution in [3.8, 4) is 10.6 Å². The van der Waals surface area contributed by atoms with E-state index in [9.17, 15) is 0 Å². The highest BCUT2D eigenvalue weighted by Gasteiger charge is 2.03. The molecule has 0 atom stereocenters. The quantitative estimate of drug-likeness (QED) is 0.591. The van der Waals surface area contributed by atoms with Crippen LogP contribution in [0.4, 0.5) is 0 Å². The number of aromatic nitrogens is 1. The van der Waals surface area contributed by atoms with Crippen molar-refractivity contribution in [2.45, 2.75) is 17.7 Å². The van der Waals surface area contributed by atoms with Gasteiger partial charge in [-0.15, -0.1) is 34.7 Å². The van der Waals surface area contributed by atoms with Crippen LogP contribution in [0.1, 0.15) is 12.6 Å². The van der Waals surface area contributed by atoms with E-state index in [4.69, 9.17) is 11.6 Å². The van der Waals surface area contributed by atoms with E-state index in [2.05, 4.69) is 36.2 Å². The molecule has 0 radical (unpaired) electrons. The minimum Gasteiger partial charge on any atom is -0.240 e. The molecule has 84 valence electrons. The van der Waals surface area contributed by atoms with Crippen molar-refractivity contribution in [3.05, 3.63) is 35.3 Å². The van der Waals surface area contributed by atoms with Crippen LogP contribution in [0.25, 0.3) is 10.6 Å². The third-order valence-corrected chi connectivity index (χ3v) is 4.21. The first-order chi connectivity index (χ1) is 7.83. The van der Waals surface area contributed by atoms with Crippen molar-refractivity contribution >= 4 is 34.7 Å². The van der Waals surface area contributed by atoms with Crippen molar-refractivity contribution in [1.29, 1.82) is 0 Å². The molecule has 0 saturated carbocycles. The summed E-state index contributed by atoms with van der Waals surface area (Å²) in [5.74, 6) is 1.59. The molecule has 0 unspecified atom stereocenters. The first-order valence-corrected chi connectivity index (χ1v) is 7.47. The van der Waals surface area contributed by atoms with Crippen LogP contribution >= 0.6 is 34.7 Å². The van der Waals surface area contributed by atoms with E-state index in [1.54, 1.807) is 11.3 Å². The Morgan fingerprint density at radius 1 is 1.31 bits per heavy atom. The molecule has 1 aromatic carbocycles. The number of halogens is 1. The number of thioether (sulfide) groups is 1. The topological polar surface area (TPSA) is 12.9 Å². The SMILES string of the molecule is CCSc1ccc(-c2nc(CCl)cs2)cc1. The van der Waals surface area contributed by atoms with Crippen LogP contribution in [0.2, 0.25) is 0 Å². The van der Waals surface area contributed by atoms with E-state index in [1.165, 1.54) is 10.5 Å². The smallest absolute Gasteiger partial charge is 0.123 e. The zero-order valence-corrected chi connectivity index (χ0v) is 11.3. The number of hydrogen-bond acceptors (Lipinski definition) is 3. The second kappa shape index (κ2) is 5.71. The predicted octanol–water partition coefficient (Wildman–Crippen LogP) is 4.66. The number of alkyl halides is 1. The lowest BCUT2D eigenvalue weighted by Crippen LogP contribution is -1.80. The molecule has 1 nitrogen and oxygen atoms in total. The molecule has 2 aromatic rings. The summed E-state index contributed by atoms with van der Waals surface area (Å²) in [6.45, 7) is 2.16. The van der Waals surface area contributed by atoms with Crippen molar-refractivity contribution in [3.63, 3.8) is 0 Å². The molecule has 0 spiro atoms. The molecule has 0 fully saturated rings. The number of nitrogens with zero attached hydrogens (tertiary/aromatic N) is 1. The van der Waals surface area contributed by atoms with E-state index >= 15 is 0 Å². The second-order valence-electron chi connectivity index (χ2n) is 3.24. The molecule has 4 heteroatoms. The third kappa shape index (κ3) is 2.78. The monoisotopic (exact) mass is 269 g/mol. The normalized spacial score (nSPS) is 10.6. The number of rotatable bonds is 4. The molecule has 1 aromatic heterocycles. The largest absolute Gasteiger partial charge is 0.240 e. The van der Waals surface area contributed by atoms with Gasteiger partial charge in [-0.05, 0) is 17.9 Å². The zero-order chi connectivity index (χ0) is 11.4. The Morgan fingerprint density at radius 2 is 2.06 bits per heavy atom. The van der Waals surface area contributed by atoms with Crippen molar-refractivity contribution in [2.75, 3.05) is 5.75 Å². The predicted molar refractivity (Wildman–Crippen MR) is 73.5 cm³/mol. The Balaban J connectivity index is 2.20. The Hall–Kier alpha value is -0.510. The first kappa shape index (κ1) is 12.0. The minimum atomic E-state index is 0.486. The van der Waals surface area contributed by atoms with E-state index in [-0.39, 0.29) is 0 Å². The van der Waals surface area contributed by atoms with Gasteiger partial charge < -0.3 is 0 Å². The number of benzene rings is 1. The van der Waals surface area contributed by atoms with Crippen LogP contribution in [0.15, 0.2) is 34.5 Å². The molecule has 0 amide bonds. The maximum atomic E-state index is 5.74. The van der Waals surface area contributed by atoms with Crippen LogP contribution in [0.3, 0.4) is 0 Å². The molecular weight excluding hydrogens is 258 g/mol.